The number of nitrogens with zero attached hydrogens (tertiary/aromatic N) is 4. The predicted molar refractivity (Wildman–Crippen MR) is 123 cm³/mol. The molecule has 166 valence electrons. The second kappa shape index (κ2) is 9.61. The predicted octanol–water partition coefficient (Wildman–Crippen LogP) is 2.30. The molecule has 4 rings (SSSR count). The van der Waals surface area contributed by atoms with Crippen LogP contribution >= 0.6 is 0 Å². The number of likely N-dealkylation sites (N-methyl/N-ethyl adjacent to an activating group) is 1. The van der Waals surface area contributed by atoms with Crippen molar-refractivity contribution in [2.75, 3.05) is 43.4 Å². The summed E-state index contributed by atoms with van der Waals surface area (Å²) in [7, 11) is 2.10. The summed E-state index contributed by atoms with van der Waals surface area (Å²) >= 11 is 0. The molecule has 3 aromatic rings. The minimum absolute atomic E-state index is 0.157. The molecule has 1 saturated heterocycles. The van der Waals surface area contributed by atoms with Gasteiger partial charge in [0.2, 0.25) is 0 Å². The average Bonchev–Trinajstić information content (AvgIpc) is 3.29. The summed E-state index contributed by atoms with van der Waals surface area (Å²) in [4.78, 5) is 34.0. The fraction of sp³-hybridized carbons (Fsp3) is 0.304. The van der Waals surface area contributed by atoms with E-state index in [-0.39, 0.29) is 29.4 Å². The van der Waals surface area contributed by atoms with Crippen LogP contribution < -0.4 is 15.5 Å². The van der Waals surface area contributed by atoms with Gasteiger partial charge in [-0.25, -0.2) is 4.98 Å². The number of nitrogens with one attached hydrogen (secondary N) is 3. The van der Waals surface area contributed by atoms with Crippen LogP contribution in [0.5, 0.6) is 0 Å². The summed E-state index contributed by atoms with van der Waals surface area (Å²) in [6, 6.07) is 14.6. The van der Waals surface area contributed by atoms with E-state index in [1.54, 1.807) is 12.3 Å². The van der Waals surface area contributed by atoms with E-state index in [2.05, 4.69) is 42.7 Å². The van der Waals surface area contributed by atoms with Crippen LogP contribution in [0.3, 0.4) is 0 Å². The number of carbonyl (C=O) groups excluding carboxylic acids is 2. The summed E-state index contributed by atoms with van der Waals surface area (Å²) in [5.74, 6) is 0.502. The number of piperazine rings is 1. The van der Waals surface area contributed by atoms with Crippen molar-refractivity contribution in [3.8, 4) is 0 Å². The molecular formula is C23H27N7O2. The van der Waals surface area contributed by atoms with E-state index in [1.807, 2.05) is 43.3 Å². The quantitative estimate of drug-likeness (QED) is 0.551. The summed E-state index contributed by atoms with van der Waals surface area (Å²) < 4.78 is 0. The number of aromatic amines is 1. The van der Waals surface area contributed by atoms with Gasteiger partial charge in [-0.1, -0.05) is 30.3 Å². The van der Waals surface area contributed by atoms with Gasteiger partial charge in [0, 0.05) is 38.4 Å². The van der Waals surface area contributed by atoms with Gasteiger partial charge in [0.15, 0.2) is 5.82 Å². The molecule has 1 unspecified atom stereocenters. The molecule has 1 atom stereocenters. The Balaban J connectivity index is 1.33. The molecule has 3 N–H and O–H groups in total. The first-order valence-corrected chi connectivity index (χ1v) is 10.6. The number of aromatic nitrogens is 3. The van der Waals surface area contributed by atoms with Gasteiger partial charge in [0.25, 0.3) is 11.8 Å². The van der Waals surface area contributed by atoms with Crippen molar-refractivity contribution >= 4 is 23.5 Å². The van der Waals surface area contributed by atoms with Crippen molar-refractivity contribution in [3.05, 3.63) is 71.5 Å². The Hall–Kier alpha value is -3.72. The SMILES string of the molecule is CC(NC(=O)c1cc(NC(=O)c2ccc(N3CCN(C)CC3)nc2)n[nH]1)c1ccccc1. The molecular weight excluding hydrogens is 406 g/mol. The lowest BCUT2D eigenvalue weighted by molar-refractivity contribution is 0.0934. The Morgan fingerprint density at radius 3 is 2.47 bits per heavy atom. The van der Waals surface area contributed by atoms with Crippen LogP contribution in [-0.4, -0.2) is 65.1 Å². The van der Waals surface area contributed by atoms with Crippen LogP contribution in [0.15, 0.2) is 54.7 Å². The number of benzene rings is 1. The van der Waals surface area contributed by atoms with Gasteiger partial charge in [0.05, 0.1) is 11.6 Å². The molecule has 1 aliphatic heterocycles. The molecule has 1 aromatic carbocycles. The number of anilines is 2. The van der Waals surface area contributed by atoms with Gasteiger partial charge < -0.3 is 20.4 Å². The van der Waals surface area contributed by atoms with E-state index in [0.717, 1.165) is 37.6 Å². The largest absolute Gasteiger partial charge is 0.354 e. The van der Waals surface area contributed by atoms with Gasteiger partial charge in [-0.05, 0) is 31.7 Å². The zero-order valence-corrected chi connectivity index (χ0v) is 18.2. The van der Waals surface area contributed by atoms with E-state index >= 15 is 0 Å². The van der Waals surface area contributed by atoms with Gasteiger partial charge in [0.1, 0.15) is 11.5 Å². The van der Waals surface area contributed by atoms with Crippen LogP contribution in [0.4, 0.5) is 11.6 Å². The minimum atomic E-state index is -0.335. The molecule has 0 aliphatic carbocycles. The topological polar surface area (TPSA) is 106 Å². The number of rotatable bonds is 6. The van der Waals surface area contributed by atoms with Gasteiger partial charge in [-0.15, -0.1) is 0 Å². The van der Waals surface area contributed by atoms with Gasteiger partial charge in [-0.3, -0.25) is 14.7 Å². The fourth-order valence-corrected chi connectivity index (χ4v) is 3.53. The van der Waals surface area contributed by atoms with Crippen molar-refractivity contribution in [2.24, 2.45) is 0 Å². The summed E-state index contributed by atoms with van der Waals surface area (Å²) in [6.07, 6.45) is 1.56. The third-order valence-corrected chi connectivity index (χ3v) is 5.55. The van der Waals surface area contributed by atoms with Gasteiger partial charge >= 0.3 is 0 Å². The standard InChI is InChI=1S/C23H27N7O2/c1-16(17-6-4-3-5-7-17)25-23(32)19-14-20(28-27-19)26-22(31)18-8-9-21(24-15-18)30-12-10-29(2)11-13-30/h3-9,14-16H,10-13H2,1-2H3,(H,25,32)(H2,26,27,28,31). The maximum atomic E-state index is 12.6. The third-order valence-electron chi connectivity index (χ3n) is 5.55. The van der Waals surface area contributed by atoms with E-state index < -0.39 is 0 Å². The number of amides is 2. The van der Waals surface area contributed by atoms with Crippen LogP contribution in [0.25, 0.3) is 0 Å². The van der Waals surface area contributed by atoms with Crippen molar-refractivity contribution in [3.63, 3.8) is 0 Å². The lowest BCUT2D eigenvalue weighted by atomic mass is 10.1. The first-order valence-electron chi connectivity index (χ1n) is 10.6. The lowest BCUT2D eigenvalue weighted by Gasteiger charge is -2.33. The van der Waals surface area contributed by atoms with Crippen molar-refractivity contribution in [1.82, 2.24) is 25.4 Å². The number of hydrogen-bond donors (Lipinski definition) is 3. The molecule has 0 spiro atoms. The second-order valence-electron chi connectivity index (χ2n) is 7.92. The molecule has 2 aromatic heterocycles. The lowest BCUT2D eigenvalue weighted by Crippen LogP contribution is -2.44. The number of carbonyl (C=O) groups is 2. The number of hydrogen-bond acceptors (Lipinski definition) is 6. The van der Waals surface area contributed by atoms with E-state index in [9.17, 15) is 9.59 Å². The van der Waals surface area contributed by atoms with Crippen LogP contribution in [0.2, 0.25) is 0 Å². The van der Waals surface area contributed by atoms with E-state index in [4.69, 9.17) is 0 Å². The van der Waals surface area contributed by atoms with E-state index in [1.165, 1.54) is 6.07 Å². The monoisotopic (exact) mass is 433 g/mol. The molecule has 0 radical (unpaired) electrons. The molecule has 9 heteroatoms. The smallest absolute Gasteiger partial charge is 0.269 e. The second-order valence-corrected chi connectivity index (χ2v) is 7.92. The molecule has 0 saturated carbocycles. The number of H-pyrrole nitrogens is 1. The maximum Gasteiger partial charge on any atom is 0.269 e. The molecule has 9 nitrogen and oxygen atoms in total. The molecule has 2 amide bonds. The highest BCUT2D eigenvalue weighted by atomic mass is 16.2. The Morgan fingerprint density at radius 2 is 1.78 bits per heavy atom. The fourth-order valence-electron chi connectivity index (χ4n) is 3.53. The third kappa shape index (κ3) is 5.12. The van der Waals surface area contributed by atoms with E-state index in [0.29, 0.717) is 5.56 Å². The van der Waals surface area contributed by atoms with Gasteiger partial charge in [-0.2, -0.15) is 5.10 Å². The normalized spacial score (nSPS) is 15.2. The Morgan fingerprint density at radius 1 is 1.03 bits per heavy atom. The Kier molecular flexibility index (Phi) is 6.46. The maximum absolute atomic E-state index is 12.6. The van der Waals surface area contributed by atoms with Crippen LogP contribution in [0, 0.1) is 0 Å². The molecule has 1 aliphatic rings. The highest BCUT2D eigenvalue weighted by Crippen LogP contribution is 2.16. The molecule has 0 bridgehead atoms. The average molecular weight is 434 g/mol. The zero-order valence-electron chi connectivity index (χ0n) is 18.2. The highest BCUT2D eigenvalue weighted by molar-refractivity contribution is 6.04. The van der Waals surface area contributed by atoms with Crippen molar-refractivity contribution in [1.29, 1.82) is 0 Å². The van der Waals surface area contributed by atoms with Crippen LogP contribution in [-0.2, 0) is 0 Å². The zero-order chi connectivity index (χ0) is 22.5. The van der Waals surface area contributed by atoms with Crippen molar-refractivity contribution in [2.45, 2.75) is 13.0 Å². The molecule has 1 fully saturated rings. The Bertz CT molecular complexity index is 1060. The molecule has 32 heavy (non-hydrogen) atoms. The Labute approximate surface area is 186 Å². The summed E-state index contributed by atoms with van der Waals surface area (Å²) in [6.45, 7) is 5.71. The molecule has 3 heterocycles. The number of pyridine rings is 1. The first-order chi connectivity index (χ1) is 15.5. The summed E-state index contributed by atoms with van der Waals surface area (Å²) in [5.41, 5.74) is 1.70. The van der Waals surface area contributed by atoms with Crippen LogP contribution in [0.1, 0.15) is 39.4 Å². The summed E-state index contributed by atoms with van der Waals surface area (Å²) in [5, 5.41) is 12.3. The first kappa shape index (κ1) is 21.5. The van der Waals surface area contributed by atoms with Crippen molar-refractivity contribution < 1.29 is 9.59 Å². The minimum Gasteiger partial charge on any atom is -0.354 e. The highest BCUT2D eigenvalue weighted by Gasteiger charge is 2.17.